The van der Waals surface area contributed by atoms with Crippen molar-refractivity contribution in [3.05, 3.63) is 42.7 Å². The van der Waals surface area contributed by atoms with Gasteiger partial charge < -0.3 is 10.2 Å². The number of carbonyl (C=O) groups excluding carboxylic acids is 1. The van der Waals surface area contributed by atoms with Gasteiger partial charge >= 0.3 is 0 Å². The van der Waals surface area contributed by atoms with Gasteiger partial charge in [0.1, 0.15) is 12.1 Å². The summed E-state index contributed by atoms with van der Waals surface area (Å²) in [5, 5.41) is 3.23. The molecule has 1 N–H and O–H groups in total. The van der Waals surface area contributed by atoms with Crippen LogP contribution in [0, 0.1) is 5.92 Å². The summed E-state index contributed by atoms with van der Waals surface area (Å²) in [6.07, 6.45) is 7.66. The number of hydrogen-bond acceptors (Lipinski definition) is 4. The molecule has 5 heteroatoms. The first kappa shape index (κ1) is 16.1. The lowest BCUT2D eigenvalue weighted by Crippen LogP contribution is -2.55. The minimum Gasteiger partial charge on any atom is -0.355 e. The quantitative estimate of drug-likeness (QED) is 0.932. The van der Waals surface area contributed by atoms with Gasteiger partial charge in [-0.3, -0.25) is 4.79 Å². The fraction of sp³-hybridized carbons (Fsp3) is 0.450. The average molecular weight is 336 g/mol. The number of rotatable bonds is 4. The Hall–Kier alpha value is -2.43. The highest BCUT2D eigenvalue weighted by atomic mass is 16.2. The summed E-state index contributed by atoms with van der Waals surface area (Å²) in [6, 6.07) is 12.5. The predicted octanol–water partition coefficient (Wildman–Crippen LogP) is 3.03. The van der Waals surface area contributed by atoms with E-state index in [4.69, 9.17) is 0 Å². The van der Waals surface area contributed by atoms with Gasteiger partial charge in [0.15, 0.2) is 0 Å². The molecule has 2 heterocycles. The van der Waals surface area contributed by atoms with E-state index in [-0.39, 0.29) is 11.8 Å². The van der Waals surface area contributed by atoms with Crippen molar-refractivity contribution in [3.63, 3.8) is 0 Å². The van der Waals surface area contributed by atoms with Gasteiger partial charge in [-0.2, -0.15) is 0 Å². The maximum atomic E-state index is 12.4. The molecule has 0 bridgehead atoms. The standard InChI is InChI=1S/C20H24N4O/c25-20(23-17-9-5-2-6-10-17)16-12-24(13-16)19-11-18(21-14-22-19)15-7-3-1-4-8-15/h1,3-4,7-8,11,14,16-17H,2,5-6,9-10,12-13H2,(H,23,25). The molecule has 2 aliphatic rings. The zero-order valence-corrected chi connectivity index (χ0v) is 14.4. The molecule has 2 fully saturated rings. The molecule has 5 nitrogen and oxygen atoms in total. The van der Waals surface area contributed by atoms with Gasteiger partial charge in [-0.05, 0) is 12.8 Å². The normalized spacial score (nSPS) is 18.6. The lowest BCUT2D eigenvalue weighted by Gasteiger charge is -2.40. The Labute approximate surface area is 148 Å². The molecule has 1 saturated carbocycles. The summed E-state index contributed by atoms with van der Waals surface area (Å²) in [5.74, 6) is 1.19. The number of carbonyl (C=O) groups is 1. The summed E-state index contributed by atoms with van der Waals surface area (Å²) >= 11 is 0. The zero-order valence-electron chi connectivity index (χ0n) is 14.4. The van der Waals surface area contributed by atoms with E-state index in [1.807, 2.05) is 36.4 Å². The Balaban J connectivity index is 1.35. The summed E-state index contributed by atoms with van der Waals surface area (Å²) in [4.78, 5) is 23.3. The van der Waals surface area contributed by atoms with E-state index in [1.165, 1.54) is 19.3 Å². The Morgan fingerprint density at radius 3 is 2.56 bits per heavy atom. The van der Waals surface area contributed by atoms with Crippen LogP contribution in [0.2, 0.25) is 0 Å². The third-order valence-electron chi connectivity index (χ3n) is 5.25. The summed E-state index contributed by atoms with van der Waals surface area (Å²) < 4.78 is 0. The van der Waals surface area contributed by atoms with Crippen LogP contribution in [-0.2, 0) is 4.79 Å². The second-order valence-electron chi connectivity index (χ2n) is 7.07. The largest absolute Gasteiger partial charge is 0.355 e. The summed E-state index contributed by atoms with van der Waals surface area (Å²) in [5.41, 5.74) is 2.00. The van der Waals surface area contributed by atoms with Crippen molar-refractivity contribution in [1.29, 1.82) is 0 Å². The molecule has 130 valence electrons. The number of benzene rings is 1. The van der Waals surface area contributed by atoms with Gasteiger partial charge in [0.2, 0.25) is 5.91 Å². The Bertz CT molecular complexity index is 721. The van der Waals surface area contributed by atoms with Crippen molar-refractivity contribution in [1.82, 2.24) is 15.3 Å². The van der Waals surface area contributed by atoms with Crippen LogP contribution >= 0.6 is 0 Å². The predicted molar refractivity (Wildman–Crippen MR) is 98.2 cm³/mol. The van der Waals surface area contributed by atoms with Crippen LogP contribution in [0.15, 0.2) is 42.7 Å². The fourth-order valence-corrected chi connectivity index (χ4v) is 3.68. The summed E-state index contributed by atoms with van der Waals surface area (Å²) in [7, 11) is 0. The minimum atomic E-state index is 0.0806. The van der Waals surface area contributed by atoms with E-state index < -0.39 is 0 Å². The van der Waals surface area contributed by atoms with Gasteiger partial charge in [0.25, 0.3) is 0 Å². The molecule has 0 unspecified atom stereocenters. The lowest BCUT2D eigenvalue weighted by atomic mass is 9.93. The molecule has 0 radical (unpaired) electrons. The molecule has 1 aliphatic heterocycles. The first-order valence-electron chi connectivity index (χ1n) is 9.22. The molecule has 1 saturated heterocycles. The van der Waals surface area contributed by atoms with E-state index in [1.54, 1.807) is 6.33 Å². The number of anilines is 1. The molecular weight excluding hydrogens is 312 g/mol. The van der Waals surface area contributed by atoms with Crippen LogP contribution in [-0.4, -0.2) is 35.0 Å². The van der Waals surface area contributed by atoms with Crippen LogP contribution in [0.1, 0.15) is 32.1 Å². The fourth-order valence-electron chi connectivity index (χ4n) is 3.68. The topological polar surface area (TPSA) is 58.1 Å². The number of hydrogen-bond donors (Lipinski definition) is 1. The van der Waals surface area contributed by atoms with Crippen molar-refractivity contribution in [2.45, 2.75) is 38.1 Å². The maximum absolute atomic E-state index is 12.4. The second-order valence-corrected chi connectivity index (χ2v) is 7.07. The van der Waals surface area contributed by atoms with Gasteiger partial charge in [0, 0.05) is 30.8 Å². The Morgan fingerprint density at radius 2 is 1.80 bits per heavy atom. The van der Waals surface area contributed by atoms with Crippen molar-refractivity contribution in [2.24, 2.45) is 5.92 Å². The average Bonchev–Trinajstić information content (AvgIpc) is 2.62. The smallest absolute Gasteiger partial charge is 0.226 e. The van der Waals surface area contributed by atoms with Crippen LogP contribution in [0.4, 0.5) is 5.82 Å². The van der Waals surface area contributed by atoms with Crippen LogP contribution in [0.3, 0.4) is 0 Å². The van der Waals surface area contributed by atoms with Crippen molar-refractivity contribution >= 4 is 11.7 Å². The minimum absolute atomic E-state index is 0.0806. The Kier molecular flexibility index (Phi) is 4.63. The zero-order chi connectivity index (χ0) is 17.1. The van der Waals surface area contributed by atoms with E-state index in [2.05, 4.69) is 20.2 Å². The third-order valence-corrected chi connectivity index (χ3v) is 5.25. The second kappa shape index (κ2) is 7.21. The van der Waals surface area contributed by atoms with E-state index in [0.29, 0.717) is 6.04 Å². The van der Waals surface area contributed by atoms with Crippen molar-refractivity contribution in [2.75, 3.05) is 18.0 Å². The molecular formula is C20H24N4O. The highest BCUT2D eigenvalue weighted by Crippen LogP contribution is 2.26. The van der Waals surface area contributed by atoms with Crippen LogP contribution in [0.5, 0.6) is 0 Å². The molecule has 1 aromatic carbocycles. The monoisotopic (exact) mass is 336 g/mol. The molecule has 0 atom stereocenters. The van der Waals surface area contributed by atoms with Gasteiger partial charge in [-0.1, -0.05) is 49.6 Å². The maximum Gasteiger partial charge on any atom is 0.226 e. The third kappa shape index (κ3) is 3.65. The summed E-state index contributed by atoms with van der Waals surface area (Å²) in [6.45, 7) is 1.48. The molecule has 4 rings (SSSR count). The Morgan fingerprint density at radius 1 is 1.04 bits per heavy atom. The number of aromatic nitrogens is 2. The molecule has 25 heavy (non-hydrogen) atoms. The molecule has 1 amide bonds. The first-order chi connectivity index (χ1) is 12.3. The molecule has 1 aromatic heterocycles. The first-order valence-corrected chi connectivity index (χ1v) is 9.22. The number of amides is 1. The van der Waals surface area contributed by atoms with Gasteiger partial charge in [-0.25, -0.2) is 9.97 Å². The molecule has 2 aromatic rings. The number of nitrogens with zero attached hydrogens (tertiary/aromatic N) is 3. The van der Waals surface area contributed by atoms with Crippen molar-refractivity contribution in [3.8, 4) is 11.3 Å². The van der Waals surface area contributed by atoms with Gasteiger partial charge in [0.05, 0.1) is 11.6 Å². The highest BCUT2D eigenvalue weighted by molar-refractivity contribution is 5.82. The highest BCUT2D eigenvalue weighted by Gasteiger charge is 2.34. The van der Waals surface area contributed by atoms with E-state index >= 15 is 0 Å². The van der Waals surface area contributed by atoms with Crippen LogP contribution in [0.25, 0.3) is 11.3 Å². The van der Waals surface area contributed by atoms with Crippen LogP contribution < -0.4 is 10.2 Å². The SMILES string of the molecule is O=C(NC1CCCCC1)C1CN(c2cc(-c3ccccc3)ncn2)C1. The number of nitrogens with one attached hydrogen (secondary N) is 1. The van der Waals surface area contributed by atoms with Gasteiger partial charge in [-0.15, -0.1) is 0 Å². The molecule has 1 aliphatic carbocycles. The lowest BCUT2D eigenvalue weighted by molar-refractivity contribution is -0.126. The van der Waals surface area contributed by atoms with E-state index in [9.17, 15) is 4.79 Å². The van der Waals surface area contributed by atoms with Crippen molar-refractivity contribution < 1.29 is 4.79 Å². The van der Waals surface area contributed by atoms with E-state index in [0.717, 1.165) is 43.0 Å². The molecule has 0 spiro atoms.